The molecule has 4 fully saturated rings. The Balaban J connectivity index is 1.84. The Morgan fingerprint density at radius 1 is 0.842 bits per heavy atom. The fourth-order valence-electron chi connectivity index (χ4n) is 4.84. The topological polar surface area (TPSA) is 91.3 Å². The summed E-state index contributed by atoms with van der Waals surface area (Å²) >= 11 is 0. The Morgan fingerprint density at radius 2 is 1.26 bits per heavy atom. The van der Waals surface area contributed by atoms with Gasteiger partial charge in [0.2, 0.25) is 0 Å². The molecule has 0 amide bonds. The maximum absolute atomic E-state index is 12.5. The third-order valence-corrected chi connectivity index (χ3v) is 8.77. The van der Waals surface area contributed by atoms with E-state index >= 15 is 0 Å². The summed E-state index contributed by atoms with van der Waals surface area (Å²) in [6, 6.07) is 0. The number of sulfone groups is 1. The average molecular weight is 307 g/mol. The normalized spacial score (nSPS) is 41.6. The van der Waals surface area contributed by atoms with Gasteiger partial charge in [0.25, 0.3) is 0 Å². The average Bonchev–Trinajstić information content (AvgIpc) is 2.23. The summed E-state index contributed by atoms with van der Waals surface area (Å²) in [5, 5.41) is 0. The third-order valence-electron chi connectivity index (χ3n) is 5.24. The Kier molecular flexibility index (Phi) is 3.04. The molecular formula is C12H19O5S2-. The van der Waals surface area contributed by atoms with E-state index in [1.807, 2.05) is 0 Å². The van der Waals surface area contributed by atoms with E-state index in [1.165, 1.54) is 0 Å². The monoisotopic (exact) mass is 307 g/mol. The molecule has 19 heavy (non-hydrogen) atoms. The molecule has 0 spiro atoms. The van der Waals surface area contributed by atoms with Crippen molar-refractivity contribution < 1.29 is 21.4 Å². The van der Waals surface area contributed by atoms with Crippen molar-refractivity contribution in [3.8, 4) is 0 Å². The first kappa shape index (κ1) is 13.8. The van der Waals surface area contributed by atoms with Gasteiger partial charge in [-0.1, -0.05) is 0 Å². The molecule has 0 atom stereocenters. The van der Waals surface area contributed by atoms with Gasteiger partial charge in [-0.2, -0.15) is 0 Å². The molecule has 4 saturated carbocycles. The van der Waals surface area contributed by atoms with Crippen LogP contribution in [-0.2, 0) is 20.0 Å². The van der Waals surface area contributed by atoms with Crippen LogP contribution in [0.4, 0.5) is 0 Å². The molecule has 0 unspecified atom stereocenters. The molecule has 4 aliphatic carbocycles. The molecule has 4 bridgehead atoms. The molecule has 4 aliphatic rings. The van der Waals surface area contributed by atoms with E-state index in [-0.39, 0.29) is 0 Å². The third kappa shape index (κ3) is 2.45. The van der Waals surface area contributed by atoms with E-state index in [2.05, 4.69) is 0 Å². The van der Waals surface area contributed by atoms with Crippen molar-refractivity contribution in [2.45, 2.75) is 43.3 Å². The zero-order valence-corrected chi connectivity index (χ0v) is 12.4. The second kappa shape index (κ2) is 4.18. The van der Waals surface area contributed by atoms with Crippen molar-refractivity contribution in [2.75, 3.05) is 11.5 Å². The molecule has 0 N–H and O–H groups in total. The lowest BCUT2D eigenvalue weighted by atomic mass is 9.56. The molecule has 4 rings (SSSR count). The van der Waals surface area contributed by atoms with E-state index in [9.17, 15) is 21.4 Å². The highest BCUT2D eigenvalue weighted by atomic mass is 32.2. The van der Waals surface area contributed by atoms with Crippen LogP contribution >= 0.6 is 0 Å². The standard InChI is InChI=1S/C12H20O5S2/c13-18(14,1-2-19(15,16)17)12-6-9-3-10(7-12)5-11(4-9)8-12/h9-11H,1-8H2,(H,15,16,17)/p-1. The fraction of sp³-hybridized carbons (Fsp3) is 1.00. The second-order valence-corrected chi connectivity index (χ2v) is 10.7. The van der Waals surface area contributed by atoms with Crippen molar-refractivity contribution >= 4 is 20.0 Å². The first-order chi connectivity index (χ1) is 8.69. The fourth-order valence-corrected chi connectivity index (χ4v) is 8.44. The summed E-state index contributed by atoms with van der Waals surface area (Å²) in [7, 11) is -7.95. The second-order valence-electron chi connectivity index (χ2n) is 6.68. The minimum atomic E-state index is -4.46. The SMILES string of the molecule is O=S(=O)([O-])CCS(=O)(=O)C12CC3CC(CC(C3)C1)C2. The Labute approximate surface area is 114 Å². The van der Waals surface area contributed by atoms with Gasteiger partial charge in [-0.15, -0.1) is 0 Å². The van der Waals surface area contributed by atoms with Crippen LogP contribution < -0.4 is 0 Å². The predicted octanol–water partition coefficient (Wildman–Crippen LogP) is 0.915. The quantitative estimate of drug-likeness (QED) is 0.720. The summed E-state index contributed by atoms with van der Waals surface area (Å²) in [4.78, 5) is 0. The Hall–Kier alpha value is -0.140. The number of hydrogen-bond donors (Lipinski definition) is 0. The summed E-state index contributed by atoms with van der Waals surface area (Å²) in [6.45, 7) is 0. The van der Waals surface area contributed by atoms with E-state index < -0.39 is 36.2 Å². The van der Waals surface area contributed by atoms with Crippen molar-refractivity contribution in [1.29, 1.82) is 0 Å². The van der Waals surface area contributed by atoms with Gasteiger partial charge in [0.1, 0.15) is 0 Å². The van der Waals surface area contributed by atoms with Crippen LogP contribution in [-0.4, -0.2) is 37.6 Å². The van der Waals surface area contributed by atoms with E-state index in [1.54, 1.807) is 0 Å². The predicted molar refractivity (Wildman–Crippen MR) is 69.3 cm³/mol. The summed E-state index contributed by atoms with van der Waals surface area (Å²) < 4.78 is 56.4. The largest absolute Gasteiger partial charge is 0.748 e. The molecular weight excluding hydrogens is 288 g/mol. The van der Waals surface area contributed by atoms with Gasteiger partial charge in [-0.25, -0.2) is 16.8 Å². The summed E-state index contributed by atoms with van der Waals surface area (Å²) in [5.74, 6) is 0.196. The Morgan fingerprint density at radius 3 is 1.63 bits per heavy atom. The van der Waals surface area contributed by atoms with Gasteiger partial charge in [-0.05, 0) is 56.3 Å². The first-order valence-electron chi connectivity index (χ1n) is 6.85. The summed E-state index contributed by atoms with van der Waals surface area (Å²) in [6.07, 6.45) is 5.44. The molecule has 0 heterocycles. The minimum absolute atomic E-state index is 0.491. The lowest BCUT2D eigenvalue weighted by Gasteiger charge is -2.56. The minimum Gasteiger partial charge on any atom is -0.748 e. The molecule has 0 saturated heterocycles. The summed E-state index contributed by atoms with van der Waals surface area (Å²) in [5.41, 5.74) is 0. The number of hydrogen-bond acceptors (Lipinski definition) is 5. The molecule has 110 valence electrons. The van der Waals surface area contributed by atoms with E-state index in [4.69, 9.17) is 0 Å². The lowest BCUT2D eigenvalue weighted by Crippen LogP contribution is -2.55. The smallest absolute Gasteiger partial charge is 0.156 e. The van der Waals surface area contributed by atoms with Crippen LogP contribution in [0.15, 0.2) is 0 Å². The van der Waals surface area contributed by atoms with Crippen molar-refractivity contribution in [1.82, 2.24) is 0 Å². The maximum atomic E-state index is 12.5. The molecule has 0 aromatic heterocycles. The molecule has 0 aliphatic heterocycles. The van der Waals surface area contributed by atoms with Crippen molar-refractivity contribution in [3.63, 3.8) is 0 Å². The van der Waals surface area contributed by atoms with Gasteiger partial charge >= 0.3 is 0 Å². The van der Waals surface area contributed by atoms with E-state index in [0.29, 0.717) is 37.0 Å². The first-order valence-corrected chi connectivity index (χ1v) is 10.1. The molecule has 5 nitrogen and oxygen atoms in total. The van der Waals surface area contributed by atoms with Crippen LogP contribution in [0.3, 0.4) is 0 Å². The van der Waals surface area contributed by atoms with Crippen LogP contribution in [0, 0.1) is 17.8 Å². The highest BCUT2D eigenvalue weighted by Crippen LogP contribution is 2.58. The molecule has 0 radical (unpaired) electrons. The van der Waals surface area contributed by atoms with Crippen LogP contribution in [0.2, 0.25) is 0 Å². The lowest BCUT2D eigenvalue weighted by molar-refractivity contribution is 0.0339. The maximum Gasteiger partial charge on any atom is 0.156 e. The molecule has 0 aromatic carbocycles. The van der Waals surface area contributed by atoms with Crippen molar-refractivity contribution in [2.24, 2.45) is 17.8 Å². The van der Waals surface area contributed by atoms with Crippen LogP contribution in [0.25, 0.3) is 0 Å². The zero-order valence-electron chi connectivity index (χ0n) is 10.7. The van der Waals surface area contributed by atoms with Crippen LogP contribution in [0.1, 0.15) is 38.5 Å². The Bertz CT molecular complexity index is 540. The van der Waals surface area contributed by atoms with Gasteiger partial charge in [0.15, 0.2) is 9.84 Å². The van der Waals surface area contributed by atoms with Crippen LogP contribution in [0.5, 0.6) is 0 Å². The van der Waals surface area contributed by atoms with Gasteiger partial charge < -0.3 is 4.55 Å². The van der Waals surface area contributed by atoms with Gasteiger partial charge in [0, 0.05) is 0 Å². The van der Waals surface area contributed by atoms with Gasteiger partial charge in [-0.3, -0.25) is 0 Å². The highest BCUT2D eigenvalue weighted by Gasteiger charge is 2.56. The van der Waals surface area contributed by atoms with Gasteiger partial charge in [0.05, 0.1) is 26.4 Å². The van der Waals surface area contributed by atoms with Crippen molar-refractivity contribution in [3.05, 3.63) is 0 Å². The molecule has 0 aromatic rings. The molecule has 7 heteroatoms. The number of rotatable bonds is 4. The zero-order chi connectivity index (χ0) is 13.9. The van der Waals surface area contributed by atoms with E-state index in [0.717, 1.165) is 19.3 Å². The highest BCUT2D eigenvalue weighted by molar-refractivity contribution is 7.94.